The van der Waals surface area contributed by atoms with Gasteiger partial charge in [-0.1, -0.05) is 44.9 Å². The topological polar surface area (TPSA) is 20.2 Å². The Morgan fingerprint density at radius 3 is 2.68 bits per heavy atom. The molecule has 0 aromatic carbocycles. The fourth-order valence-corrected chi connectivity index (χ4v) is 8.19. The molecule has 0 amide bonds. The SMILES string of the molecule is C=CC(C)CCCC1CCC2C3CC=C4C[C@@](C)(O)CCC4(C)C3CCC12C. The second-order valence-corrected chi connectivity index (χ2v) is 11.9. The predicted octanol–water partition coefficient (Wildman–Crippen LogP) is 7.31. The molecule has 0 spiro atoms. The third-order valence-corrected chi connectivity index (χ3v) is 10.2. The van der Waals surface area contributed by atoms with E-state index in [9.17, 15) is 5.11 Å². The van der Waals surface area contributed by atoms with Crippen molar-refractivity contribution >= 4 is 0 Å². The fourth-order valence-electron chi connectivity index (χ4n) is 8.19. The summed E-state index contributed by atoms with van der Waals surface area (Å²) in [6.45, 7) is 13.5. The molecule has 0 aromatic rings. The van der Waals surface area contributed by atoms with Crippen molar-refractivity contribution in [2.75, 3.05) is 0 Å². The molecule has 4 aliphatic carbocycles. The maximum Gasteiger partial charge on any atom is 0.0657 e. The van der Waals surface area contributed by atoms with Crippen LogP contribution < -0.4 is 0 Å². The highest BCUT2D eigenvalue weighted by Gasteiger charge is 2.58. The van der Waals surface area contributed by atoms with Crippen molar-refractivity contribution in [1.29, 1.82) is 0 Å². The van der Waals surface area contributed by atoms with Crippen LogP contribution in [0.1, 0.15) is 98.3 Å². The van der Waals surface area contributed by atoms with Gasteiger partial charge in [-0.15, -0.1) is 6.58 Å². The van der Waals surface area contributed by atoms with E-state index in [0.29, 0.717) is 16.7 Å². The number of hydrogen-bond acceptors (Lipinski definition) is 1. The Labute approximate surface area is 174 Å². The zero-order valence-electron chi connectivity index (χ0n) is 19.0. The zero-order chi connectivity index (χ0) is 20.2. The standard InChI is InChI=1S/C27H44O/c1-6-19(2)8-7-9-20-11-13-23-22-12-10-21-18-25(3,28)16-17-27(21,5)24(22)14-15-26(20,23)4/h6,10,19-20,22-24,28H,1,7-9,11-18H2,2-5H3/t19?,20?,22?,23?,24?,25-,26?,27?/m0/s1. The summed E-state index contributed by atoms with van der Waals surface area (Å²) < 4.78 is 0. The smallest absolute Gasteiger partial charge is 0.0657 e. The Balaban J connectivity index is 1.49. The molecular weight excluding hydrogens is 340 g/mol. The second-order valence-electron chi connectivity index (χ2n) is 11.9. The van der Waals surface area contributed by atoms with Gasteiger partial charge < -0.3 is 5.11 Å². The van der Waals surface area contributed by atoms with Crippen LogP contribution in [0.4, 0.5) is 0 Å². The van der Waals surface area contributed by atoms with Crippen LogP contribution in [0.15, 0.2) is 24.3 Å². The number of allylic oxidation sites excluding steroid dienone is 2. The minimum absolute atomic E-state index is 0.365. The maximum atomic E-state index is 10.6. The van der Waals surface area contributed by atoms with Crippen LogP contribution in [-0.2, 0) is 0 Å². The summed E-state index contributed by atoms with van der Waals surface area (Å²) in [4.78, 5) is 0. The lowest BCUT2D eigenvalue weighted by molar-refractivity contribution is -0.0661. The van der Waals surface area contributed by atoms with Crippen molar-refractivity contribution in [3.05, 3.63) is 24.3 Å². The zero-order valence-corrected chi connectivity index (χ0v) is 19.0. The van der Waals surface area contributed by atoms with E-state index < -0.39 is 5.60 Å². The number of hydrogen-bond donors (Lipinski definition) is 1. The predicted molar refractivity (Wildman–Crippen MR) is 119 cm³/mol. The highest BCUT2D eigenvalue weighted by molar-refractivity contribution is 5.26. The van der Waals surface area contributed by atoms with Crippen molar-refractivity contribution in [3.63, 3.8) is 0 Å². The van der Waals surface area contributed by atoms with Gasteiger partial charge in [0, 0.05) is 0 Å². The van der Waals surface area contributed by atoms with Crippen LogP contribution >= 0.6 is 0 Å². The molecule has 0 bridgehead atoms. The maximum absolute atomic E-state index is 10.6. The molecule has 0 aromatic heterocycles. The van der Waals surface area contributed by atoms with Crippen molar-refractivity contribution in [3.8, 4) is 0 Å². The normalized spacial score (nSPS) is 48.8. The summed E-state index contributed by atoms with van der Waals surface area (Å²) in [7, 11) is 0. The molecule has 4 aliphatic rings. The molecule has 7 unspecified atom stereocenters. The molecule has 3 saturated carbocycles. The first-order chi connectivity index (χ1) is 13.2. The minimum Gasteiger partial charge on any atom is -0.390 e. The Kier molecular flexibility index (Phi) is 5.39. The molecular formula is C27H44O. The molecule has 3 fully saturated rings. The highest BCUT2D eigenvalue weighted by atomic mass is 16.3. The quantitative estimate of drug-likeness (QED) is 0.493. The van der Waals surface area contributed by atoms with Gasteiger partial charge in [0.2, 0.25) is 0 Å². The van der Waals surface area contributed by atoms with Crippen LogP contribution in [0, 0.1) is 40.4 Å². The monoisotopic (exact) mass is 384 g/mol. The average molecular weight is 385 g/mol. The van der Waals surface area contributed by atoms with E-state index in [1.807, 2.05) is 6.92 Å². The van der Waals surface area contributed by atoms with Gasteiger partial charge in [0.05, 0.1) is 5.60 Å². The first-order valence-electron chi connectivity index (χ1n) is 12.2. The van der Waals surface area contributed by atoms with Gasteiger partial charge in [0.25, 0.3) is 0 Å². The molecule has 4 rings (SSSR count). The van der Waals surface area contributed by atoms with Crippen molar-refractivity contribution in [2.45, 2.75) is 104 Å². The third kappa shape index (κ3) is 3.34. The van der Waals surface area contributed by atoms with Crippen LogP contribution in [-0.4, -0.2) is 10.7 Å². The van der Waals surface area contributed by atoms with Crippen LogP contribution in [0.3, 0.4) is 0 Å². The molecule has 0 heterocycles. The molecule has 1 N–H and O–H groups in total. The Bertz CT molecular complexity index is 630. The van der Waals surface area contributed by atoms with Crippen LogP contribution in [0.25, 0.3) is 0 Å². The molecule has 0 aliphatic heterocycles. The summed E-state index contributed by atoms with van der Waals surface area (Å²) in [6.07, 6.45) is 19.0. The molecule has 1 heteroatoms. The summed E-state index contributed by atoms with van der Waals surface area (Å²) >= 11 is 0. The Morgan fingerprint density at radius 1 is 1.14 bits per heavy atom. The number of aliphatic hydroxyl groups is 1. The van der Waals surface area contributed by atoms with Gasteiger partial charge in [-0.2, -0.15) is 0 Å². The average Bonchev–Trinajstić information content (AvgIpc) is 2.98. The lowest BCUT2D eigenvalue weighted by atomic mass is 9.46. The number of rotatable bonds is 5. The summed E-state index contributed by atoms with van der Waals surface area (Å²) in [5.74, 6) is 4.31. The minimum atomic E-state index is -0.470. The van der Waals surface area contributed by atoms with E-state index in [1.54, 1.807) is 5.57 Å². The van der Waals surface area contributed by atoms with Gasteiger partial charge in [-0.05, 0) is 112 Å². The van der Waals surface area contributed by atoms with Crippen molar-refractivity contribution in [1.82, 2.24) is 0 Å². The van der Waals surface area contributed by atoms with Crippen molar-refractivity contribution < 1.29 is 5.11 Å². The first-order valence-corrected chi connectivity index (χ1v) is 12.2. The Hall–Kier alpha value is -0.560. The summed E-state index contributed by atoms with van der Waals surface area (Å²) in [5.41, 5.74) is 2.08. The summed E-state index contributed by atoms with van der Waals surface area (Å²) in [6, 6.07) is 0. The van der Waals surface area contributed by atoms with E-state index in [4.69, 9.17) is 0 Å². The van der Waals surface area contributed by atoms with E-state index in [2.05, 4.69) is 39.5 Å². The van der Waals surface area contributed by atoms with Crippen LogP contribution in [0.5, 0.6) is 0 Å². The van der Waals surface area contributed by atoms with Crippen molar-refractivity contribution in [2.24, 2.45) is 40.4 Å². The molecule has 1 nitrogen and oxygen atoms in total. The van der Waals surface area contributed by atoms with Gasteiger partial charge in [0.1, 0.15) is 0 Å². The molecule has 28 heavy (non-hydrogen) atoms. The van der Waals surface area contributed by atoms with Gasteiger partial charge in [-0.25, -0.2) is 0 Å². The molecule has 8 atom stereocenters. The van der Waals surface area contributed by atoms with E-state index in [-0.39, 0.29) is 0 Å². The molecule has 0 radical (unpaired) electrons. The van der Waals surface area contributed by atoms with Gasteiger partial charge in [0.15, 0.2) is 0 Å². The first kappa shape index (κ1) is 20.7. The fraction of sp³-hybridized carbons (Fsp3) is 0.852. The van der Waals surface area contributed by atoms with Gasteiger partial charge >= 0.3 is 0 Å². The largest absolute Gasteiger partial charge is 0.390 e. The molecule has 0 saturated heterocycles. The lowest BCUT2D eigenvalue weighted by Gasteiger charge is -2.59. The van der Waals surface area contributed by atoms with E-state index in [1.165, 1.54) is 57.8 Å². The van der Waals surface area contributed by atoms with Gasteiger partial charge in [-0.3, -0.25) is 0 Å². The van der Waals surface area contributed by atoms with E-state index in [0.717, 1.165) is 36.5 Å². The molecule has 158 valence electrons. The lowest BCUT2D eigenvalue weighted by Crippen LogP contribution is -2.51. The third-order valence-electron chi connectivity index (χ3n) is 10.2. The summed E-state index contributed by atoms with van der Waals surface area (Å²) in [5, 5.41) is 10.6. The highest BCUT2D eigenvalue weighted by Crippen LogP contribution is 2.67. The number of fused-ring (bicyclic) bond motifs is 5. The van der Waals surface area contributed by atoms with E-state index >= 15 is 0 Å². The Morgan fingerprint density at radius 2 is 1.93 bits per heavy atom. The van der Waals surface area contributed by atoms with Crippen LogP contribution in [0.2, 0.25) is 0 Å². The second kappa shape index (κ2) is 7.29.